The number of hydrogen-bond donors (Lipinski definition) is 16. The highest BCUT2D eigenvalue weighted by Gasteiger charge is 2.47. The number of carboxylic acid groups (broad SMARTS) is 2. The fourth-order valence-corrected chi connectivity index (χ4v) is 18.1. The van der Waals surface area contributed by atoms with Gasteiger partial charge in [0.1, 0.15) is 79.0 Å². The third-order valence-electron chi connectivity index (χ3n) is 25.0. The van der Waals surface area contributed by atoms with Gasteiger partial charge in [0.15, 0.2) is 5.78 Å². The number of aliphatic hydroxyl groups is 1. The zero-order valence-electron chi connectivity index (χ0n) is 76.1. The number of carboxylic acids is 2. The van der Waals surface area contributed by atoms with Gasteiger partial charge in [0, 0.05) is 124 Å². The first kappa shape index (κ1) is 104. The number of aromatic amines is 1. The van der Waals surface area contributed by atoms with Crippen LogP contribution in [0.25, 0.3) is 21.8 Å². The second kappa shape index (κ2) is 49.3. The fraction of sp³-hybridized carbons (Fsp3) is 0.565. The number of piperidine rings is 1. The Morgan fingerprint density at radius 3 is 1.73 bits per heavy atom. The van der Waals surface area contributed by atoms with Crippen molar-refractivity contribution in [2.75, 3.05) is 46.8 Å². The lowest BCUT2D eigenvalue weighted by atomic mass is 9.90. The molecule has 41 heteroatoms. The Bertz CT molecular complexity index is 5040. The first-order valence-corrected chi connectivity index (χ1v) is 46.1. The van der Waals surface area contributed by atoms with E-state index in [1.807, 2.05) is 13.8 Å². The molecule has 2 aromatic heterocycles. The largest absolute Gasteiger partial charge is 0.481 e. The van der Waals surface area contributed by atoms with Crippen LogP contribution in [0.4, 0.5) is 0 Å². The van der Waals surface area contributed by atoms with Crippen LogP contribution in [-0.2, 0) is 112 Å². The molecule has 133 heavy (non-hydrogen) atoms. The molecule has 4 aliphatic rings. The number of aliphatic hydroxyl groups excluding tert-OH is 1. The minimum Gasteiger partial charge on any atom is -0.481 e. The van der Waals surface area contributed by atoms with Gasteiger partial charge in [-0.1, -0.05) is 114 Å². The number of fused-ring (bicyclic) bond motifs is 5. The number of ketones is 1. The van der Waals surface area contributed by atoms with Gasteiger partial charge in [-0.15, -0.1) is 0 Å². The smallest absolute Gasteiger partial charge is 0.323 e. The standard InChI is InChI=1S/C92H128ClN19O21/c1-7-9-23-70-85(126)102-62(33-34-78(117)118)82(123)100-61(80(97)121)22-17-28-77(116)99-65(40-52-29-31-56(93)32-30-52)89(130)110-37-16-15-26-71(110)86(127)105-67(45-76(96)115)90(131)111-38-18-27-72(111)87(128)106-68(46-95)84(125)103-64(39-51(3)4)91(132)112-49-57(113)44-74(112)75(114)43-53(41-54-47-98-60-21-13-11-19-58(54)60)81(122)101-63(35-36-94)83(124)104-66(88(129)108(6)73(24-10-8-2)92(133)107(70)5)42-55-48-109(50-79(119)120)69-25-14-12-20-59(55)69/h11-14,19-21,25,29-32,47-48,51,53,57,61-68,70-74,98,113H,7-10,15-18,22-24,26-28,33-46,49-50,94-95H2,1-6H3,(H2,96,115)(H2,97,121)(H,99,116)(H,100,123)(H,101,122)(H,102,126)(H,103,125)(H,104,124)(H,105,127)(H,106,128)(H,117,118)(H,119,120)/t53-,57-,61+,62+,63+,64+,65+,66+,67+,68+,70+,71+,72+,73+,74+/m1/s1. The molecule has 0 bridgehead atoms. The molecule has 9 rings (SSSR count). The molecule has 0 spiro atoms. The number of nitrogens with one attached hydrogen (secondary N) is 9. The summed E-state index contributed by atoms with van der Waals surface area (Å²) in [4.78, 5) is 271. The Morgan fingerprint density at radius 1 is 0.526 bits per heavy atom. The summed E-state index contributed by atoms with van der Waals surface area (Å²) in [6.07, 6.45) is -0.842. The number of hydrogen-bond acceptors (Lipinski definition) is 21. The highest BCUT2D eigenvalue weighted by Crippen LogP contribution is 2.31. The molecule has 724 valence electrons. The van der Waals surface area contributed by atoms with Gasteiger partial charge in [0.25, 0.3) is 0 Å². The first-order valence-electron chi connectivity index (χ1n) is 45.7. The van der Waals surface area contributed by atoms with Crippen LogP contribution in [0, 0.1) is 11.8 Å². The Balaban J connectivity index is 1.10. The molecule has 0 unspecified atom stereocenters. The molecule has 0 saturated carbocycles. The number of H-pyrrole nitrogens is 1. The van der Waals surface area contributed by atoms with Gasteiger partial charge in [-0.25, -0.2) is 0 Å². The van der Waals surface area contributed by atoms with E-state index in [0.29, 0.717) is 75.6 Å². The highest BCUT2D eigenvalue weighted by molar-refractivity contribution is 6.30. The monoisotopic (exact) mass is 1870 g/mol. The summed E-state index contributed by atoms with van der Waals surface area (Å²) in [5.41, 5.74) is 26.6. The van der Waals surface area contributed by atoms with Gasteiger partial charge < -0.3 is 115 Å². The number of halogens is 1. The van der Waals surface area contributed by atoms with E-state index in [9.17, 15) is 63.3 Å². The number of Topliss-reactive ketones (excluding diaryl/α,β-unsaturated/α-hetero) is 1. The lowest BCUT2D eigenvalue weighted by Gasteiger charge is -2.38. The van der Waals surface area contributed by atoms with Crippen LogP contribution >= 0.6 is 11.6 Å². The van der Waals surface area contributed by atoms with Crippen LogP contribution < -0.4 is 65.5 Å². The van der Waals surface area contributed by atoms with E-state index in [4.69, 9.17) is 34.5 Å². The fourth-order valence-electron chi connectivity index (χ4n) is 18.0. The minimum absolute atomic E-state index is 0.00507. The van der Waals surface area contributed by atoms with Crippen molar-refractivity contribution in [1.29, 1.82) is 0 Å². The Morgan fingerprint density at radius 2 is 1.09 bits per heavy atom. The number of amides is 15. The number of aliphatic carboxylic acids is 2. The molecule has 4 aliphatic heterocycles. The molecule has 20 N–H and O–H groups in total. The van der Waals surface area contributed by atoms with Crippen molar-refractivity contribution in [3.05, 3.63) is 107 Å². The maximum atomic E-state index is 15.9. The molecule has 6 heterocycles. The van der Waals surface area contributed by atoms with Gasteiger partial charge in [0.2, 0.25) is 88.6 Å². The Kier molecular flexibility index (Phi) is 38.7. The van der Waals surface area contributed by atoms with Crippen LogP contribution in [0.3, 0.4) is 0 Å². The van der Waals surface area contributed by atoms with E-state index in [0.717, 1.165) is 19.6 Å². The number of unbranched alkanes of at least 4 members (excludes halogenated alkanes) is 2. The Hall–Kier alpha value is -12.4. The van der Waals surface area contributed by atoms with Crippen LogP contribution in [0.2, 0.25) is 5.02 Å². The molecular formula is C92H128ClN19O21. The van der Waals surface area contributed by atoms with Gasteiger partial charge >= 0.3 is 11.9 Å². The van der Waals surface area contributed by atoms with E-state index >= 15 is 38.4 Å². The maximum Gasteiger partial charge on any atom is 0.323 e. The number of benzene rings is 3. The number of para-hydroxylation sites is 2. The SMILES string of the molecule is CCCC[C@H]1C(=O)N(C)[C@@H](CCCC)C(=O)N[C@@H](CCC(=O)O)C(=O)N[C@H](C(N)=O)CCCC(=O)N[C@@H](Cc2ccc(Cl)cc2)C(=O)N2CCCC[C@H]2C(=O)N[C@@H](CC(N)=O)C(=O)N2CCC[C@H]2C(=O)N[C@@H](CN)C(=O)N[C@@H](CC(C)C)C(=O)N2C[C@H](O)C[C@H]2C(=O)C[C@@H](Cc2c[nH]c3ccccc23)C(=O)N[C@@H](CCN)C(=O)N[C@@H](Cc2cn(CC(=O)O)c3ccccc23)C(=O)N1C. The van der Waals surface area contributed by atoms with Crippen molar-refractivity contribution < 1.29 is 102 Å². The van der Waals surface area contributed by atoms with Crippen LogP contribution in [0.1, 0.15) is 179 Å². The number of aromatic nitrogens is 2. The molecule has 0 aliphatic carbocycles. The lowest BCUT2D eigenvalue weighted by molar-refractivity contribution is -0.149. The quantitative estimate of drug-likeness (QED) is 0.0378. The topological polar surface area (TPSA) is 605 Å². The minimum atomic E-state index is -1.73. The summed E-state index contributed by atoms with van der Waals surface area (Å²) in [5.74, 6) is -18.8. The number of nitrogens with zero attached hydrogens (tertiary/aromatic N) is 6. The molecular weight excluding hydrogens is 1740 g/mol. The molecule has 40 nitrogen and oxygen atoms in total. The third-order valence-corrected chi connectivity index (χ3v) is 25.3. The predicted octanol–water partition coefficient (Wildman–Crippen LogP) is 0.474. The van der Waals surface area contributed by atoms with Crippen molar-refractivity contribution in [3.8, 4) is 0 Å². The van der Waals surface area contributed by atoms with Gasteiger partial charge in [0.05, 0.1) is 18.6 Å². The number of primary amides is 2. The zero-order valence-corrected chi connectivity index (χ0v) is 76.9. The normalized spacial score (nSPS) is 25.6. The molecule has 15 amide bonds. The maximum absolute atomic E-state index is 15.9. The number of carbonyl (C=O) groups excluding carboxylic acids is 16. The zero-order chi connectivity index (χ0) is 97.2. The van der Waals surface area contributed by atoms with Crippen molar-refractivity contribution >= 4 is 140 Å². The van der Waals surface area contributed by atoms with E-state index in [-0.39, 0.29) is 115 Å². The predicted molar refractivity (Wildman–Crippen MR) is 487 cm³/mol. The molecule has 15 atom stereocenters. The van der Waals surface area contributed by atoms with Crippen molar-refractivity contribution in [3.63, 3.8) is 0 Å². The van der Waals surface area contributed by atoms with E-state index in [1.54, 1.807) is 92.8 Å². The molecule has 4 fully saturated rings. The summed E-state index contributed by atoms with van der Waals surface area (Å²) in [7, 11) is 2.62. The van der Waals surface area contributed by atoms with E-state index in [1.165, 1.54) is 29.8 Å². The summed E-state index contributed by atoms with van der Waals surface area (Å²) in [6, 6.07) is 0.390. The molecule has 0 radical (unpaired) electrons. The van der Waals surface area contributed by atoms with Crippen molar-refractivity contribution in [2.24, 2.45) is 34.8 Å². The second-order valence-electron chi connectivity index (χ2n) is 35.4. The summed E-state index contributed by atoms with van der Waals surface area (Å²) in [5, 5.41) is 54.4. The van der Waals surface area contributed by atoms with E-state index < -0.39 is 249 Å². The van der Waals surface area contributed by atoms with Gasteiger partial charge in [-0.2, -0.15) is 0 Å². The second-order valence-corrected chi connectivity index (χ2v) is 35.8. The molecule has 5 aromatic rings. The van der Waals surface area contributed by atoms with Crippen LogP contribution in [-0.4, -0.2) is 287 Å². The first-order chi connectivity index (χ1) is 63.3. The number of rotatable bonds is 25. The van der Waals surface area contributed by atoms with Crippen molar-refractivity contribution in [2.45, 2.75) is 273 Å². The average Bonchev–Trinajstić information content (AvgIpc) is 1.62. The van der Waals surface area contributed by atoms with E-state index in [2.05, 4.69) is 47.5 Å². The summed E-state index contributed by atoms with van der Waals surface area (Å²) in [6.45, 7) is 5.22. The molecule has 3 aromatic carbocycles. The van der Waals surface area contributed by atoms with Gasteiger partial charge in [-0.3, -0.25) is 86.3 Å². The Labute approximate surface area is 775 Å². The van der Waals surface area contributed by atoms with Crippen LogP contribution in [0.15, 0.2) is 85.2 Å². The van der Waals surface area contributed by atoms with Crippen molar-refractivity contribution in [1.82, 2.24) is 76.6 Å². The highest BCUT2D eigenvalue weighted by atomic mass is 35.5. The van der Waals surface area contributed by atoms with Crippen LogP contribution in [0.5, 0.6) is 0 Å². The summed E-state index contributed by atoms with van der Waals surface area (Å²) >= 11 is 6.27. The third kappa shape index (κ3) is 28.3. The summed E-state index contributed by atoms with van der Waals surface area (Å²) < 4.78 is 1.43. The van der Waals surface area contributed by atoms with Gasteiger partial charge in [-0.05, 0) is 137 Å². The number of carbonyl (C=O) groups is 18. The number of likely N-dealkylation sites (N-methyl/N-ethyl adjacent to an activating group) is 2. The lowest BCUT2D eigenvalue weighted by Crippen LogP contribution is -2.62. The average molecular weight is 1870 g/mol. The number of nitrogens with two attached hydrogens (primary N) is 4. The molecule has 4 saturated heterocycles.